The number of urea groups is 1. The molecular weight excluding hydrogens is 370 g/mol. The van der Waals surface area contributed by atoms with E-state index in [2.05, 4.69) is 22.9 Å². The van der Waals surface area contributed by atoms with E-state index in [0.717, 1.165) is 12.8 Å². The molecule has 0 unspecified atom stereocenters. The molecule has 1 rings (SSSR count). The fourth-order valence-electron chi connectivity index (χ4n) is 2.84. The molecule has 0 fully saturated rings. The average molecular weight is 408 g/mol. The minimum Gasteiger partial charge on any atom is -0.508 e. The third-order valence-corrected chi connectivity index (χ3v) is 4.56. The zero-order valence-corrected chi connectivity index (χ0v) is 17.7. The van der Waals surface area contributed by atoms with Gasteiger partial charge in [0.2, 0.25) is 0 Å². The summed E-state index contributed by atoms with van der Waals surface area (Å²) in [5, 5.41) is 17.1. The number of carbonyl (C=O) groups excluding carboxylic acids is 2. The molecule has 1 aromatic rings. The number of ether oxygens (including phenoxy) is 1. The molecule has 7 heteroatoms. The van der Waals surface area contributed by atoms with Crippen molar-refractivity contribution in [2.75, 3.05) is 19.8 Å². The zero-order valence-electron chi connectivity index (χ0n) is 17.7. The molecule has 164 valence electrons. The number of amides is 3. The van der Waals surface area contributed by atoms with Crippen LogP contribution in [0.4, 0.5) is 4.79 Å². The molecule has 4 N–H and O–H groups in total. The Kier molecular flexibility index (Phi) is 14.0. The van der Waals surface area contributed by atoms with Crippen molar-refractivity contribution < 1.29 is 19.4 Å². The lowest BCUT2D eigenvalue weighted by molar-refractivity contribution is -0.123. The van der Waals surface area contributed by atoms with Crippen molar-refractivity contribution in [3.8, 4) is 11.5 Å². The Morgan fingerprint density at radius 2 is 1.41 bits per heavy atom. The number of unbranched alkanes of at least 4 members (excludes halogenated alkanes) is 9. The first kappa shape index (κ1) is 24.6. The van der Waals surface area contributed by atoms with E-state index in [1.165, 1.54) is 63.5 Å². The van der Waals surface area contributed by atoms with E-state index in [1.807, 2.05) is 0 Å². The summed E-state index contributed by atoms with van der Waals surface area (Å²) in [6.07, 6.45) is 12.6. The summed E-state index contributed by atoms with van der Waals surface area (Å²) in [5.74, 6) is 0.281. The topological polar surface area (TPSA) is 99.7 Å². The highest BCUT2D eigenvalue weighted by Crippen LogP contribution is 2.15. The molecule has 0 saturated heterocycles. The van der Waals surface area contributed by atoms with Crippen LogP contribution in [0, 0.1) is 0 Å². The van der Waals surface area contributed by atoms with Crippen LogP contribution < -0.4 is 20.7 Å². The smallest absolute Gasteiger partial charge is 0.316 e. The molecule has 0 spiro atoms. The SMILES string of the molecule is CCCCCCCCCCCCNC(=O)NCNC(=O)COc1ccc(O)cc1. The molecule has 0 bridgehead atoms. The molecule has 3 amide bonds. The maximum atomic E-state index is 11.7. The molecule has 0 saturated carbocycles. The van der Waals surface area contributed by atoms with Gasteiger partial charge in [-0.25, -0.2) is 4.79 Å². The first-order valence-corrected chi connectivity index (χ1v) is 10.8. The van der Waals surface area contributed by atoms with Gasteiger partial charge in [-0.05, 0) is 30.7 Å². The van der Waals surface area contributed by atoms with Gasteiger partial charge in [0.25, 0.3) is 5.91 Å². The monoisotopic (exact) mass is 407 g/mol. The molecular formula is C22H37N3O4. The van der Waals surface area contributed by atoms with Gasteiger partial charge in [0.15, 0.2) is 6.61 Å². The predicted octanol–water partition coefficient (Wildman–Crippen LogP) is 4.06. The highest BCUT2D eigenvalue weighted by atomic mass is 16.5. The van der Waals surface area contributed by atoms with Gasteiger partial charge in [-0.15, -0.1) is 0 Å². The number of hydrogen-bond acceptors (Lipinski definition) is 4. The highest BCUT2D eigenvalue weighted by molar-refractivity contribution is 5.78. The highest BCUT2D eigenvalue weighted by Gasteiger charge is 2.04. The van der Waals surface area contributed by atoms with Crippen LogP contribution in [0.25, 0.3) is 0 Å². The molecule has 0 aromatic heterocycles. The van der Waals surface area contributed by atoms with Crippen LogP contribution in [-0.2, 0) is 4.79 Å². The lowest BCUT2D eigenvalue weighted by atomic mass is 10.1. The van der Waals surface area contributed by atoms with Crippen molar-refractivity contribution in [1.29, 1.82) is 0 Å². The van der Waals surface area contributed by atoms with Gasteiger partial charge in [0, 0.05) is 6.54 Å². The van der Waals surface area contributed by atoms with Gasteiger partial charge in [0.05, 0.1) is 6.67 Å². The number of nitrogens with one attached hydrogen (secondary N) is 3. The Balaban J connectivity index is 1.89. The normalized spacial score (nSPS) is 10.4. The quantitative estimate of drug-likeness (QED) is 0.245. The summed E-state index contributed by atoms with van der Waals surface area (Å²) in [7, 11) is 0. The fraction of sp³-hybridized carbons (Fsp3) is 0.636. The number of phenols is 1. The summed E-state index contributed by atoms with van der Waals surface area (Å²) >= 11 is 0. The maximum Gasteiger partial charge on any atom is 0.316 e. The number of phenolic OH excluding ortho intramolecular Hbond substituents is 1. The van der Waals surface area contributed by atoms with E-state index in [0.29, 0.717) is 12.3 Å². The third kappa shape index (κ3) is 14.2. The third-order valence-electron chi connectivity index (χ3n) is 4.56. The molecule has 0 aliphatic carbocycles. The van der Waals surface area contributed by atoms with Gasteiger partial charge in [-0.2, -0.15) is 0 Å². The molecule has 7 nitrogen and oxygen atoms in total. The van der Waals surface area contributed by atoms with E-state index in [4.69, 9.17) is 4.74 Å². The van der Waals surface area contributed by atoms with Crippen LogP contribution in [-0.4, -0.2) is 36.9 Å². The fourth-order valence-corrected chi connectivity index (χ4v) is 2.84. The van der Waals surface area contributed by atoms with Gasteiger partial charge in [0.1, 0.15) is 11.5 Å². The molecule has 0 heterocycles. The van der Waals surface area contributed by atoms with E-state index in [1.54, 1.807) is 12.1 Å². The lowest BCUT2D eigenvalue weighted by Gasteiger charge is -2.10. The van der Waals surface area contributed by atoms with Crippen molar-refractivity contribution in [3.63, 3.8) is 0 Å². The van der Waals surface area contributed by atoms with Crippen LogP contribution in [0.5, 0.6) is 11.5 Å². The van der Waals surface area contributed by atoms with Crippen LogP contribution in [0.3, 0.4) is 0 Å². The van der Waals surface area contributed by atoms with E-state index in [9.17, 15) is 14.7 Å². The van der Waals surface area contributed by atoms with Gasteiger partial charge in [-0.1, -0.05) is 64.7 Å². The maximum absolute atomic E-state index is 11.7. The van der Waals surface area contributed by atoms with Gasteiger partial charge < -0.3 is 25.8 Å². The molecule has 29 heavy (non-hydrogen) atoms. The van der Waals surface area contributed by atoms with Crippen LogP contribution >= 0.6 is 0 Å². The Morgan fingerprint density at radius 1 is 0.828 bits per heavy atom. The van der Waals surface area contributed by atoms with Crippen molar-refractivity contribution >= 4 is 11.9 Å². The Hall–Kier alpha value is -2.44. The van der Waals surface area contributed by atoms with E-state index in [-0.39, 0.29) is 31.0 Å². The summed E-state index contributed by atoms with van der Waals surface area (Å²) in [6, 6.07) is 5.81. The van der Waals surface area contributed by atoms with Gasteiger partial charge in [-0.3, -0.25) is 4.79 Å². The van der Waals surface area contributed by atoms with Crippen LogP contribution in [0.1, 0.15) is 71.1 Å². The summed E-state index contributed by atoms with van der Waals surface area (Å²) < 4.78 is 5.27. The van der Waals surface area contributed by atoms with Crippen LogP contribution in [0.15, 0.2) is 24.3 Å². The molecule has 0 aliphatic heterocycles. The second kappa shape index (κ2) is 16.5. The van der Waals surface area contributed by atoms with Gasteiger partial charge >= 0.3 is 6.03 Å². The lowest BCUT2D eigenvalue weighted by Crippen LogP contribution is -2.43. The Morgan fingerprint density at radius 3 is 2.03 bits per heavy atom. The molecule has 0 atom stereocenters. The molecule has 0 aliphatic rings. The Bertz CT molecular complexity index is 564. The van der Waals surface area contributed by atoms with E-state index < -0.39 is 0 Å². The standard InChI is InChI=1S/C22H37N3O4/c1-2-3-4-5-6-7-8-9-10-11-16-23-22(28)25-18-24-21(27)17-29-20-14-12-19(26)13-15-20/h12-15,26H,2-11,16-18H2,1H3,(H,24,27)(H2,23,25,28). The summed E-state index contributed by atoms with van der Waals surface area (Å²) in [6.45, 7) is 2.76. The second-order valence-corrected chi connectivity index (χ2v) is 7.17. The Labute approximate surface area is 174 Å². The average Bonchev–Trinajstić information content (AvgIpc) is 2.71. The number of rotatable bonds is 16. The van der Waals surface area contributed by atoms with E-state index >= 15 is 0 Å². The first-order valence-electron chi connectivity index (χ1n) is 10.8. The molecule has 1 aromatic carbocycles. The van der Waals surface area contributed by atoms with Crippen molar-refractivity contribution in [1.82, 2.24) is 16.0 Å². The number of aromatic hydroxyl groups is 1. The largest absolute Gasteiger partial charge is 0.508 e. The first-order chi connectivity index (χ1) is 14.1. The minimum atomic E-state index is -0.340. The van der Waals surface area contributed by atoms with Crippen molar-refractivity contribution in [2.45, 2.75) is 71.1 Å². The second-order valence-electron chi connectivity index (χ2n) is 7.17. The van der Waals surface area contributed by atoms with Crippen molar-refractivity contribution in [2.24, 2.45) is 0 Å². The summed E-state index contributed by atoms with van der Waals surface area (Å²) in [5.41, 5.74) is 0. The summed E-state index contributed by atoms with van der Waals surface area (Å²) in [4.78, 5) is 23.3. The minimum absolute atomic E-state index is 0.0433. The number of carbonyl (C=O) groups is 2. The molecule has 0 radical (unpaired) electrons. The number of hydrogen-bond donors (Lipinski definition) is 4. The van der Waals surface area contributed by atoms with Crippen molar-refractivity contribution in [3.05, 3.63) is 24.3 Å². The predicted molar refractivity (Wildman–Crippen MR) is 115 cm³/mol. The van der Waals surface area contributed by atoms with Crippen LogP contribution in [0.2, 0.25) is 0 Å². The zero-order chi connectivity index (χ0) is 21.2. The number of benzene rings is 1.